The minimum absolute atomic E-state index is 0.273. The van der Waals surface area contributed by atoms with Gasteiger partial charge in [0.15, 0.2) is 0 Å². The Morgan fingerprint density at radius 1 is 0.771 bits per heavy atom. The van der Waals surface area contributed by atoms with Crippen molar-refractivity contribution >= 4 is 52.3 Å². The van der Waals surface area contributed by atoms with E-state index >= 15 is 0 Å². The van der Waals surface area contributed by atoms with E-state index in [1.807, 2.05) is 73.7 Å². The smallest absolute Gasteiger partial charge is 0.357 e. The molecule has 7 nitrogen and oxygen atoms in total. The van der Waals surface area contributed by atoms with Crippen LogP contribution >= 0.6 is 0 Å². The molecule has 4 aromatic heterocycles. The lowest BCUT2D eigenvalue weighted by molar-refractivity contribution is 0.0334. The molecule has 0 amide bonds. The van der Waals surface area contributed by atoms with E-state index < -0.39 is 12.1 Å². The van der Waals surface area contributed by atoms with Crippen molar-refractivity contribution in [2.24, 2.45) is 0 Å². The fourth-order valence-corrected chi connectivity index (χ4v) is 4.14. The van der Waals surface area contributed by atoms with Gasteiger partial charge in [-0.1, -0.05) is 6.07 Å². The van der Waals surface area contributed by atoms with Crippen molar-refractivity contribution in [3.05, 3.63) is 101 Å². The Labute approximate surface area is 200 Å². The molecule has 1 atom stereocenters. The minimum atomic E-state index is -0.503. The molecule has 4 aromatic rings. The third kappa shape index (κ3) is 4.39. The van der Waals surface area contributed by atoms with Gasteiger partial charge < -0.3 is 14.7 Å². The molecule has 6 rings (SSSR count). The first-order valence-corrected chi connectivity index (χ1v) is 11.3. The van der Waals surface area contributed by atoms with Gasteiger partial charge in [0.2, 0.25) is 0 Å². The third-order valence-electron chi connectivity index (χ3n) is 5.80. The van der Waals surface area contributed by atoms with E-state index in [9.17, 15) is 4.79 Å². The molecular weight excluding hydrogens is 438 g/mol. The van der Waals surface area contributed by atoms with Gasteiger partial charge in [0.1, 0.15) is 11.8 Å². The van der Waals surface area contributed by atoms with Gasteiger partial charge in [-0.2, -0.15) is 0 Å². The monoisotopic (exact) mass is 459 g/mol. The Bertz CT molecular complexity index is 1660. The second-order valence-electron chi connectivity index (χ2n) is 8.39. The van der Waals surface area contributed by atoms with Gasteiger partial charge in [0.25, 0.3) is 0 Å². The number of fused-ring (bicyclic) bond motifs is 8. The Hall–Kier alpha value is -4.78. The summed E-state index contributed by atoms with van der Waals surface area (Å²) in [4.78, 5) is 32.9. The quantitative estimate of drug-likeness (QED) is 0.318. The van der Waals surface area contributed by atoms with Crippen LogP contribution in [-0.2, 0) is 4.74 Å². The van der Waals surface area contributed by atoms with Gasteiger partial charge in [-0.15, -0.1) is 0 Å². The molecule has 7 heteroatoms. The summed E-state index contributed by atoms with van der Waals surface area (Å²) in [6.45, 7) is 1.85. The van der Waals surface area contributed by atoms with E-state index in [0.717, 1.165) is 50.4 Å². The molecule has 0 aliphatic carbocycles. The van der Waals surface area contributed by atoms with Gasteiger partial charge >= 0.3 is 5.97 Å². The second kappa shape index (κ2) is 8.53. The SMILES string of the molecule is CC(OC(=O)c1ccccn1)c1cc2cc3ccc(cc4nc(cc5nc(cc1[nH]2)C=C5)C=C4)[nH]3. The zero-order valence-electron chi connectivity index (χ0n) is 18.9. The molecule has 8 bridgehead atoms. The average Bonchev–Trinajstić information content (AvgIpc) is 3.65. The number of pyridine rings is 1. The Morgan fingerprint density at radius 3 is 2.17 bits per heavy atom. The number of ether oxygens (including phenoxy) is 1. The maximum atomic E-state index is 12.6. The van der Waals surface area contributed by atoms with Crippen molar-refractivity contribution in [2.45, 2.75) is 13.0 Å². The summed E-state index contributed by atoms with van der Waals surface area (Å²) >= 11 is 0. The topological polar surface area (TPSA) is 96.5 Å². The zero-order valence-corrected chi connectivity index (χ0v) is 18.9. The second-order valence-corrected chi connectivity index (χ2v) is 8.39. The van der Waals surface area contributed by atoms with Crippen molar-refractivity contribution < 1.29 is 9.53 Å². The van der Waals surface area contributed by atoms with Crippen LogP contribution in [0.4, 0.5) is 0 Å². The van der Waals surface area contributed by atoms with Crippen LogP contribution in [0.5, 0.6) is 0 Å². The van der Waals surface area contributed by atoms with Crippen LogP contribution in [0.3, 0.4) is 0 Å². The number of hydrogen-bond donors (Lipinski definition) is 2. The number of H-pyrrole nitrogens is 2. The lowest BCUT2D eigenvalue weighted by Gasteiger charge is -2.12. The molecule has 0 spiro atoms. The van der Waals surface area contributed by atoms with E-state index in [4.69, 9.17) is 9.72 Å². The first-order valence-electron chi connectivity index (χ1n) is 11.3. The van der Waals surface area contributed by atoms with Gasteiger partial charge in [-0.25, -0.2) is 19.7 Å². The summed E-state index contributed by atoms with van der Waals surface area (Å²) in [5, 5.41) is 0. The molecule has 6 heterocycles. The van der Waals surface area contributed by atoms with Gasteiger partial charge in [0, 0.05) is 33.8 Å². The van der Waals surface area contributed by atoms with E-state index in [-0.39, 0.29) is 5.69 Å². The fraction of sp³-hybridized carbons (Fsp3) is 0.0714. The van der Waals surface area contributed by atoms with Gasteiger partial charge in [0.05, 0.1) is 22.8 Å². The van der Waals surface area contributed by atoms with Crippen LogP contribution in [0.2, 0.25) is 0 Å². The number of nitrogens with one attached hydrogen (secondary N) is 2. The summed E-state index contributed by atoms with van der Waals surface area (Å²) in [6.07, 6.45) is 8.95. The molecule has 0 aromatic carbocycles. The van der Waals surface area contributed by atoms with Crippen molar-refractivity contribution in [2.75, 3.05) is 0 Å². The average molecular weight is 460 g/mol. The van der Waals surface area contributed by atoms with E-state index in [1.165, 1.54) is 0 Å². The first kappa shape index (κ1) is 20.8. The molecule has 0 saturated carbocycles. The molecule has 0 radical (unpaired) electrons. The summed E-state index contributed by atoms with van der Waals surface area (Å²) < 4.78 is 5.75. The molecule has 170 valence electrons. The molecule has 2 aliphatic rings. The number of carbonyl (C=O) groups is 1. The van der Waals surface area contributed by atoms with Crippen LogP contribution < -0.4 is 0 Å². The Kier molecular flexibility index (Phi) is 5.07. The van der Waals surface area contributed by atoms with Crippen molar-refractivity contribution in [3.63, 3.8) is 0 Å². The number of carbonyl (C=O) groups excluding carboxylic acids is 1. The van der Waals surface area contributed by atoms with Crippen molar-refractivity contribution in [3.8, 4) is 0 Å². The summed E-state index contributed by atoms with van der Waals surface area (Å²) in [7, 11) is 0. The first-order chi connectivity index (χ1) is 17.1. The fourth-order valence-electron chi connectivity index (χ4n) is 4.14. The van der Waals surface area contributed by atoms with E-state index in [2.05, 4.69) is 19.9 Å². The van der Waals surface area contributed by atoms with Crippen LogP contribution in [0, 0.1) is 0 Å². The van der Waals surface area contributed by atoms with E-state index in [1.54, 1.807) is 24.4 Å². The minimum Gasteiger partial charge on any atom is -0.453 e. The molecule has 0 fully saturated rings. The highest BCUT2D eigenvalue weighted by Crippen LogP contribution is 2.26. The Balaban J connectivity index is 1.50. The summed E-state index contributed by atoms with van der Waals surface area (Å²) in [6, 6.07) is 19.1. The third-order valence-corrected chi connectivity index (χ3v) is 5.80. The van der Waals surface area contributed by atoms with Gasteiger partial charge in [-0.05, 0) is 85.8 Å². The summed E-state index contributed by atoms with van der Waals surface area (Å²) in [5.41, 5.74) is 8.05. The number of esters is 1. The largest absolute Gasteiger partial charge is 0.453 e. The number of aromatic amines is 2. The number of aromatic nitrogens is 5. The lowest BCUT2D eigenvalue weighted by atomic mass is 10.1. The highest BCUT2D eigenvalue weighted by molar-refractivity contribution is 5.87. The molecular formula is C28H21N5O2. The standard InChI is InChI=1S/C28H21N5O2/c1-17(35-28(34)26-4-2-3-11-29-26)25-15-24-14-22-8-7-20(31-22)12-18-5-6-19(30-18)13-21-9-10-23(32-21)16-27(25)33-24/h2-17,31,33H,1H3. The molecule has 1 unspecified atom stereocenters. The van der Waals surface area contributed by atoms with E-state index in [0.29, 0.717) is 0 Å². The zero-order chi connectivity index (χ0) is 23.8. The highest BCUT2D eigenvalue weighted by atomic mass is 16.5. The Morgan fingerprint density at radius 2 is 1.46 bits per heavy atom. The number of nitrogens with zero attached hydrogens (tertiary/aromatic N) is 3. The van der Waals surface area contributed by atoms with Crippen molar-refractivity contribution in [1.29, 1.82) is 0 Å². The molecule has 2 N–H and O–H groups in total. The normalized spacial score (nSPS) is 13.1. The van der Waals surface area contributed by atoms with Crippen LogP contribution in [-0.4, -0.2) is 30.9 Å². The molecule has 2 aliphatic heterocycles. The predicted octanol–water partition coefficient (Wildman–Crippen LogP) is 5.97. The van der Waals surface area contributed by atoms with Gasteiger partial charge in [-0.3, -0.25) is 0 Å². The number of rotatable bonds is 3. The molecule has 0 saturated heterocycles. The molecule has 35 heavy (non-hydrogen) atoms. The van der Waals surface area contributed by atoms with Crippen LogP contribution in [0.25, 0.3) is 46.4 Å². The van der Waals surface area contributed by atoms with Crippen LogP contribution in [0.1, 0.15) is 51.9 Å². The number of hydrogen-bond acceptors (Lipinski definition) is 5. The maximum Gasteiger partial charge on any atom is 0.357 e. The van der Waals surface area contributed by atoms with Crippen LogP contribution in [0.15, 0.2) is 66.9 Å². The van der Waals surface area contributed by atoms with Crippen molar-refractivity contribution in [1.82, 2.24) is 24.9 Å². The predicted molar refractivity (Wildman–Crippen MR) is 137 cm³/mol. The maximum absolute atomic E-state index is 12.6. The lowest BCUT2D eigenvalue weighted by Crippen LogP contribution is -2.10. The highest BCUT2D eigenvalue weighted by Gasteiger charge is 2.17. The summed E-state index contributed by atoms with van der Waals surface area (Å²) in [5.74, 6) is -0.469.